The number of hydrogen-bond acceptors (Lipinski definition) is 2. The van der Waals surface area contributed by atoms with Crippen LogP contribution in [0.15, 0.2) is 30.3 Å². The number of carbonyl (C=O) groups is 1. The number of ether oxygens (including phenoxy) is 1. The fourth-order valence-electron chi connectivity index (χ4n) is 4.20. The van der Waals surface area contributed by atoms with Crippen LogP contribution in [0.25, 0.3) is 5.57 Å². The predicted octanol–water partition coefficient (Wildman–Crippen LogP) is 7.96. The van der Waals surface area contributed by atoms with E-state index in [2.05, 4.69) is 39.0 Å². The smallest absolute Gasteiger partial charge is 0.311 e. The summed E-state index contributed by atoms with van der Waals surface area (Å²) in [5, 5.41) is 0. The van der Waals surface area contributed by atoms with Crippen molar-refractivity contribution >= 4 is 11.5 Å². The maximum atomic E-state index is 11.9. The van der Waals surface area contributed by atoms with Gasteiger partial charge in [-0.25, -0.2) is 0 Å². The minimum atomic E-state index is -0.110. The number of unbranched alkanes of at least 4 members (excludes halogenated alkanes) is 3. The first-order chi connectivity index (χ1) is 13.7. The van der Waals surface area contributed by atoms with E-state index in [0.29, 0.717) is 12.2 Å². The first-order valence-electron chi connectivity index (χ1n) is 11.7. The Morgan fingerprint density at radius 3 is 2.43 bits per heavy atom. The van der Waals surface area contributed by atoms with E-state index < -0.39 is 0 Å². The van der Waals surface area contributed by atoms with Gasteiger partial charge in [0.25, 0.3) is 0 Å². The van der Waals surface area contributed by atoms with Crippen molar-refractivity contribution in [2.75, 3.05) is 0 Å². The Balaban J connectivity index is 1.78. The summed E-state index contributed by atoms with van der Waals surface area (Å²) in [5.74, 6) is 2.33. The first-order valence-corrected chi connectivity index (χ1v) is 11.7. The fourth-order valence-corrected chi connectivity index (χ4v) is 4.20. The van der Waals surface area contributed by atoms with Gasteiger partial charge in [0.15, 0.2) is 0 Å². The van der Waals surface area contributed by atoms with Crippen LogP contribution >= 0.6 is 0 Å². The average Bonchev–Trinajstić information content (AvgIpc) is 2.73. The summed E-state index contributed by atoms with van der Waals surface area (Å²) in [6, 6.07) is 8.10. The van der Waals surface area contributed by atoms with Crippen molar-refractivity contribution in [2.45, 2.75) is 97.8 Å². The molecule has 1 aromatic rings. The van der Waals surface area contributed by atoms with Crippen molar-refractivity contribution in [3.8, 4) is 5.75 Å². The fraction of sp³-hybridized carbons (Fsp3) is 0.654. The van der Waals surface area contributed by atoms with Gasteiger partial charge in [0.2, 0.25) is 0 Å². The van der Waals surface area contributed by atoms with Gasteiger partial charge in [0, 0.05) is 6.42 Å². The average molecular weight is 385 g/mol. The van der Waals surface area contributed by atoms with Crippen molar-refractivity contribution in [1.29, 1.82) is 0 Å². The van der Waals surface area contributed by atoms with E-state index in [4.69, 9.17) is 4.74 Å². The summed E-state index contributed by atoms with van der Waals surface area (Å²) in [6.07, 6.45) is 16.5. The topological polar surface area (TPSA) is 26.3 Å². The normalized spacial score (nSPS) is 16.9. The van der Waals surface area contributed by atoms with Crippen LogP contribution < -0.4 is 4.74 Å². The van der Waals surface area contributed by atoms with Crippen LogP contribution in [0, 0.1) is 11.8 Å². The third kappa shape index (κ3) is 7.81. The Bertz CT molecular complexity index is 595. The minimum Gasteiger partial charge on any atom is -0.427 e. The van der Waals surface area contributed by atoms with Crippen molar-refractivity contribution in [2.24, 2.45) is 11.8 Å². The lowest BCUT2D eigenvalue weighted by molar-refractivity contribution is -0.134. The number of esters is 1. The standard InChI is InChI=1S/C26H40O2/c1-4-7-8-9-10-26(27)28-25-19-17-24(18-20-25)23-15-13-22(14-16-23)12-11-21(5-2)6-3/h15,17-22H,4-14,16H2,1-3H3. The molecule has 156 valence electrons. The molecule has 0 saturated heterocycles. The molecule has 0 radical (unpaired) electrons. The summed E-state index contributed by atoms with van der Waals surface area (Å²) in [6.45, 7) is 6.82. The number of hydrogen-bond donors (Lipinski definition) is 0. The van der Waals surface area contributed by atoms with Gasteiger partial charge in [-0.1, -0.05) is 77.5 Å². The van der Waals surface area contributed by atoms with Gasteiger partial charge in [-0.3, -0.25) is 4.79 Å². The Labute approximate surface area is 172 Å². The summed E-state index contributed by atoms with van der Waals surface area (Å²) in [7, 11) is 0. The third-order valence-electron chi connectivity index (χ3n) is 6.35. The van der Waals surface area contributed by atoms with Crippen LogP contribution in [0.1, 0.15) is 103 Å². The maximum Gasteiger partial charge on any atom is 0.311 e. The van der Waals surface area contributed by atoms with Crippen molar-refractivity contribution in [3.05, 3.63) is 35.9 Å². The number of benzene rings is 1. The zero-order chi connectivity index (χ0) is 20.2. The summed E-state index contributed by atoms with van der Waals surface area (Å²) < 4.78 is 5.47. The molecule has 0 bridgehead atoms. The lowest BCUT2D eigenvalue weighted by Crippen LogP contribution is -2.09. The Kier molecular flexibility index (Phi) is 10.4. The van der Waals surface area contributed by atoms with E-state index in [1.165, 1.54) is 68.9 Å². The second-order valence-electron chi connectivity index (χ2n) is 8.44. The van der Waals surface area contributed by atoms with Crippen LogP contribution in [-0.4, -0.2) is 5.97 Å². The van der Waals surface area contributed by atoms with Gasteiger partial charge in [0.05, 0.1) is 0 Å². The SMILES string of the molecule is CCCCCCC(=O)Oc1ccc(C2=CCC(CCC(CC)CC)CC2)cc1. The third-order valence-corrected chi connectivity index (χ3v) is 6.35. The lowest BCUT2D eigenvalue weighted by Gasteiger charge is -2.24. The molecule has 0 fully saturated rings. The Hall–Kier alpha value is -1.57. The molecule has 0 aromatic heterocycles. The molecule has 2 heteroatoms. The molecule has 0 N–H and O–H groups in total. The second kappa shape index (κ2) is 12.8. The monoisotopic (exact) mass is 384 g/mol. The maximum absolute atomic E-state index is 11.9. The van der Waals surface area contributed by atoms with E-state index >= 15 is 0 Å². The van der Waals surface area contributed by atoms with Gasteiger partial charge < -0.3 is 4.74 Å². The van der Waals surface area contributed by atoms with E-state index in [1.54, 1.807) is 0 Å². The van der Waals surface area contributed by atoms with Crippen LogP contribution in [0.2, 0.25) is 0 Å². The molecule has 1 aliphatic rings. The Morgan fingerprint density at radius 2 is 1.82 bits per heavy atom. The van der Waals surface area contributed by atoms with E-state index in [0.717, 1.165) is 24.7 Å². The lowest BCUT2D eigenvalue weighted by atomic mass is 9.82. The van der Waals surface area contributed by atoms with Crippen molar-refractivity contribution in [3.63, 3.8) is 0 Å². The molecule has 0 spiro atoms. The molecule has 0 heterocycles. The van der Waals surface area contributed by atoms with Gasteiger partial charge in [-0.15, -0.1) is 0 Å². The number of carbonyl (C=O) groups excluding carboxylic acids is 1. The molecule has 2 nitrogen and oxygen atoms in total. The summed E-state index contributed by atoms with van der Waals surface area (Å²) in [4.78, 5) is 11.9. The molecular weight excluding hydrogens is 344 g/mol. The molecule has 1 aliphatic carbocycles. The molecule has 1 unspecified atom stereocenters. The summed E-state index contributed by atoms with van der Waals surface area (Å²) >= 11 is 0. The zero-order valence-corrected chi connectivity index (χ0v) is 18.3. The second-order valence-corrected chi connectivity index (χ2v) is 8.44. The molecule has 0 aliphatic heterocycles. The minimum absolute atomic E-state index is 0.110. The highest BCUT2D eigenvalue weighted by molar-refractivity contribution is 5.73. The summed E-state index contributed by atoms with van der Waals surface area (Å²) in [5.41, 5.74) is 2.73. The molecule has 1 atom stereocenters. The highest BCUT2D eigenvalue weighted by Crippen LogP contribution is 2.34. The van der Waals surface area contributed by atoms with E-state index in [-0.39, 0.29) is 5.97 Å². The van der Waals surface area contributed by atoms with Crippen LogP contribution in [0.4, 0.5) is 0 Å². The van der Waals surface area contributed by atoms with E-state index in [9.17, 15) is 4.79 Å². The van der Waals surface area contributed by atoms with Crippen molar-refractivity contribution in [1.82, 2.24) is 0 Å². The number of allylic oxidation sites excluding steroid dienone is 2. The van der Waals surface area contributed by atoms with Crippen molar-refractivity contribution < 1.29 is 9.53 Å². The van der Waals surface area contributed by atoms with Gasteiger partial charge >= 0.3 is 5.97 Å². The molecule has 28 heavy (non-hydrogen) atoms. The molecule has 0 amide bonds. The van der Waals surface area contributed by atoms with Gasteiger partial charge in [-0.05, 0) is 67.2 Å². The molecular formula is C26H40O2. The largest absolute Gasteiger partial charge is 0.427 e. The van der Waals surface area contributed by atoms with Crippen LogP contribution in [-0.2, 0) is 4.79 Å². The van der Waals surface area contributed by atoms with Gasteiger partial charge in [-0.2, -0.15) is 0 Å². The number of rotatable bonds is 12. The zero-order valence-electron chi connectivity index (χ0n) is 18.3. The van der Waals surface area contributed by atoms with Gasteiger partial charge in [0.1, 0.15) is 5.75 Å². The highest BCUT2D eigenvalue weighted by atomic mass is 16.5. The highest BCUT2D eigenvalue weighted by Gasteiger charge is 2.17. The van der Waals surface area contributed by atoms with Crippen LogP contribution in [0.3, 0.4) is 0 Å². The Morgan fingerprint density at radius 1 is 1.07 bits per heavy atom. The molecule has 0 saturated carbocycles. The predicted molar refractivity (Wildman–Crippen MR) is 119 cm³/mol. The van der Waals surface area contributed by atoms with Crippen LogP contribution in [0.5, 0.6) is 5.75 Å². The quantitative estimate of drug-likeness (QED) is 0.207. The molecule has 1 aromatic carbocycles. The first kappa shape index (κ1) is 22.7. The molecule has 2 rings (SSSR count). The van der Waals surface area contributed by atoms with E-state index in [1.807, 2.05) is 12.1 Å².